The molecule has 1 fully saturated rings. The molecule has 1 aliphatic heterocycles. The smallest absolute Gasteiger partial charge is 0.407 e. The van der Waals surface area contributed by atoms with E-state index in [4.69, 9.17) is 4.74 Å². The zero-order chi connectivity index (χ0) is 28.4. The first kappa shape index (κ1) is 31.2. The third-order valence-corrected chi connectivity index (χ3v) is 6.86. The topological polar surface area (TPSA) is 156 Å². The summed E-state index contributed by atoms with van der Waals surface area (Å²) in [5.74, 6) is -2.10. The van der Waals surface area contributed by atoms with Crippen molar-refractivity contribution in [2.45, 2.75) is 78.9 Å². The van der Waals surface area contributed by atoms with Crippen LogP contribution in [0.15, 0.2) is 11.6 Å². The number of carbonyl (C=O) groups excluding carboxylic acids is 5. The number of alkyl carbamates (subject to hydrolysis) is 1. The maximum Gasteiger partial charge on any atom is 0.407 e. The van der Waals surface area contributed by atoms with Crippen LogP contribution in [0.4, 0.5) is 4.79 Å². The van der Waals surface area contributed by atoms with Gasteiger partial charge in [0, 0.05) is 24.0 Å². The lowest BCUT2D eigenvalue weighted by Gasteiger charge is -2.27. The summed E-state index contributed by atoms with van der Waals surface area (Å²) in [6.45, 7) is 11.9. The molecule has 1 aromatic heterocycles. The van der Waals surface area contributed by atoms with E-state index in [1.807, 2.05) is 27.7 Å². The number of Topliss-reactive ketones (excluding diaryl/α,β-unsaturated/α-hetero) is 1. The van der Waals surface area contributed by atoms with Gasteiger partial charge in [-0.05, 0) is 37.0 Å². The minimum atomic E-state index is -0.973. The first-order chi connectivity index (χ1) is 17.9. The quantitative estimate of drug-likeness (QED) is 0.259. The van der Waals surface area contributed by atoms with Crippen molar-refractivity contribution in [1.82, 2.24) is 26.3 Å². The molecule has 0 unspecified atom stereocenters. The fourth-order valence-corrected chi connectivity index (χ4v) is 4.69. The van der Waals surface area contributed by atoms with Gasteiger partial charge in [0.2, 0.25) is 23.5 Å². The fraction of sp³-hybridized carbons (Fsp3) is 0.692. The Hall–Kier alpha value is -3.02. The summed E-state index contributed by atoms with van der Waals surface area (Å²) in [7, 11) is 0. The standard InChI is InChI=1S/C26H41N5O6S/c1-14(2)11-19(30-24(35)20(16(5)6)31-26(36)37-13-15(3)4)23(34)29-18(12-17-7-8-27-22(17)33)21(32)25-28-9-10-38-25/h9-10,14-20H,7-8,11-13H2,1-6H3,(H,27,33)(H,29,34)(H,30,35)(H,31,36)/t17-,18-,19-,20-/m0/s1. The fourth-order valence-electron chi connectivity index (χ4n) is 4.06. The highest BCUT2D eigenvalue weighted by Crippen LogP contribution is 2.20. The van der Waals surface area contributed by atoms with Gasteiger partial charge >= 0.3 is 6.09 Å². The average molecular weight is 552 g/mol. The largest absolute Gasteiger partial charge is 0.449 e. The summed E-state index contributed by atoms with van der Waals surface area (Å²) in [6, 6.07) is -2.85. The van der Waals surface area contributed by atoms with E-state index in [0.717, 1.165) is 11.3 Å². The molecule has 1 aliphatic rings. The highest BCUT2D eigenvalue weighted by Gasteiger charge is 2.35. The Morgan fingerprint density at radius 2 is 1.71 bits per heavy atom. The molecule has 212 valence electrons. The van der Waals surface area contributed by atoms with E-state index in [-0.39, 0.29) is 47.5 Å². The monoisotopic (exact) mass is 551 g/mol. The second-order valence-corrected chi connectivity index (χ2v) is 11.7. The number of aromatic nitrogens is 1. The Balaban J connectivity index is 2.17. The molecule has 11 nitrogen and oxygen atoms in total. The average Bonchev–Trinajstić information content (AvgIpc) is 3.51. The molecule has 0 aliphatic carbocycles. The van der Waals surface area contributed by atoms with Crippen LogP contribution in [0.25, 0.3) is 0 Å². The Bertz CT molecular complexity index is 965. The highest BCUT2D eigenvalue weighted by atomic mass is 32.1. The first-order valence-electron chi connectivity index (χ1n) is 13.1. The molecule has 2 rings (SSSR count). The van der Waals surface area contributed by atoms with E-state index in [1.54, 1.807) is 19.2 Å². The highest BCUT2D eigenvalue weighted by molar-refractivity contribution is 7.11. The van der Waals surface area contributed by atoms with Crippen molar-refractivity contribution in [3.05, 3.63) is 16.6 Å². The van der Waals surface area contributed by atoms with Gasteiger partial charge in [-0.1, -0.05) is 41.5 Å². The number of ether oxygens (including phenoxy) is 1. The predicted octanol–water partition coefficient (Wildman–Crippen LogP) is 2.27. The van der Waals surface area contributed by atoms with Crippen molar-refractivity contribution in [1.29, 1.82) is 0 Å². The van der Waals surface area contributed by atoms with Crippen LogP contribution >= 0.6 is 11.3 Å². The minimum absolute atomic E-state index is 0.0428. The van der Waals surface area contributed by atoms with Gasteiger partial charge in [-0.25, -0.2) is 9.78 Å². The Labute approximate surface area is 228 Å². The van der Waals surface area contributed by atoms with Crippen molar-refractivity contribution >= 4 is 40.9 Å². The molecule has 0 spiro atoms. The molecule has 4 N–H and O–H groups in total. The summed E-state index contributed by atoms with van der Waals surface area (Å²) >= 11 is 1.16. The van der Waals surface area contributed by atoms with Crippen LogP contribution in [0.5, 0.6) is 0 Å². The molecular weight excluding hydrogens is 510 g/mol. The molecule has 4 atom stereocenters. The maximum absolute atomic E-state index is 13.4. The van der Waals surface area contributed by atoms with Crippen molar-refractivity contribution in [3.8, 4) is 0 Å². The molecule has 0 bridgehead atoms. The lowest BCUT2D eigenvalue weighted by molar-refractivity contribution is -0.131. The number of thiazole rings is 1. The van der Waals surface area contributed by atoms with Gasteiger partial charge in [0.25, 0.3) is 0 Å². The van der Waals surface area contributed by atoms with Crippen LogP contribution in [-0.4, -0.2) is 65.9 Å². The number of hydrogen-bond acceptors (Lipinski definition) is 8. The van der Waals surface area contributed by atoms with Crippen LogP contribution in [0.1, 0.15) is 70.6 Å². The van der Waals surface area contributed by atoms with E-state index >= 15 is 0 Å². The molecule has 2 heterocycles. The van der Waals surface area contributed by atoms with Crippen LogP contribution in [-0.2, 0) is 19.1 Å². The number of nitrogens with zero attached hydrogens (tertiary/aromatic N) is 1. The van der Waals surface area contributed by atoms with Crippen LogP contribution in [0, 0.1) is 23.7 Å². The Morgan fingerprint density at radius 3 is 2.24 bits per heavy atom. The second-order valence-electron chi connectivity index (χ2n) is 10.8. The van der Waals surface area contributed by atoms with Gasteiger partial charge in [0.15, 0.2) is 5.01 Å². The Morgan fingerprint density at radius 1 is 1.03 bits per heavy atom. The minimum Gasteiger partial charge on any atom is -0.449 e. The van der Waals surface area contributed by atoms with Crippen molar-refractivity contribution in [2.24, 2.45) is 23.7 Å². The van der Waals surface area contributed by atoms with Crippen LogP contribution in [0.2, 0.25) is 0 Å². The molecule has 12 heteroatoms. The molecule has 0 aromatic carbocycles. The van der Waals surface area contributed by atoms with Gasteiger partial charge in [-0.3, -0.25) is 19.2 Å². The van der Waals surface area contributed by atoms with Gasteiger partial charge in [-0.15, -0.1) is 11.3 Å². The first-order valence-corrected chi connectivity index (χ1v) is 14.0. The molecule has 1 aromatic rings. The van der Waals surface area contributed by atoms with E-state index in [0.29, 0.717) is 19.4 Å². The zero-order valence-corrected chi connectivity index (χ0v) is 23.9. The molecule has 0 saturated carbocycles. The lowest BCUT2D eigenvalue weighted by Crippen LogP contribution is -2.57. The summed E-state index contributed by atoms with van der Waals surface area (Å²) < 4.78 is 5.15. The Kier molecular flexibility index (Phi) is 12.1. The SMILES string of the molecule is CC(C)COC(=O)N[C@H](C(=O)N[C@@H](CC(C)C)C(=O)N[C@@H](C[C@@H]1CCNC1=O)C(=O)c1nccs1)C(C)C. The third-order valence-electron chi connectivity index (χ3n) is 6.07. The maximum atomic E-state index is 13.4. The normalized spacial score (nSPS) is 17.6. The van der Waals surface area contributed by atoms with E-state index in [9.17, 15) is 24.0 Å². The molecule has 0 radical (unpaired) electrons. The molecular formula is C26H41N5O6S. The number of hydrogen-bond donors (Lipinski definition) is 4. The van der Waals surface area contributed by atoms with E-state index < -0.39 is 42.0 Å². The van der Waals surface area contributed by atoms with E-state index in [1.165, 1.54) is 6.20 Å². The molecule has 38 heavy (non-hydrogen) atoms. The number of rotatable bonds is 14. The van der Waals surface area contributed by atoms with E-state index in [2.05, 4.69) is 26.3 Å². The van der Waals surface area contributed by atoms with Crippen molar-refractivity contribution in [2.75, 3.05) is 13.2 Å². The third kappa shape index (κ3) is 9.70. The molecule has 4 amide bonds. The summed E-state index contributed by atoms with van der Waals surface area (Å²) in [4.78, 5) is 68.3. The zero-order valence-electron chi connectivity index (χ0n) is 23.0. The summed E-state index contributed by atoms with van der Waals surface area (Å²) in [6.07, 6.45) is 1.81. The van der Waals surface area contributed by atoms with Crippen molar-refractivity contribution < 1.29 is 28.7 Å². The summed E-state index contributed by atoms with van der Waals surface area (Å²) in [5, 5.41) is 12.8. The van der Waals surface area contributed by atoms with Gasteiger partial charge in [0.1, 0.15) is 12.1 Å². The second kappa shape index (κ2) is 14.8. The van der Waals surface area contributed by atoms with Crippen molar-refractivity contribution in [3.63, 3.8) is 0 Å². The number of nitrogens with one attached hydrogen (secondary N) is 4. The van der Waals surface area contributed by atoms with Crippen LogP contribution < -0.4 is 21.3 Å². The molecule has 1 saturated heterocycles. The lowest BCUT2D eigenvalue weighted by atomic mass is 9.95. The summed E-state index contributed by atoms with van der Waals surface area (Å²) in [5.41, 5.74) is 0. The van der Waals surface area contributed by atoms with Gasteiger partial charge in [-0.2, -0.15) is 0 Å². The predicted molar refractivity (Wildman–Crippen MR) is 143 cm³/mol. The number of amides is 4. The van der Waals surface area contributed by atoms with Gasteiger partial charge < -0.3 is 26.0 Å². The number of ketones is 1. The van der Waals surface area contributed by atoms with Gasteiger partial charge in [0.05, 0.1) is 12.6 Å². The van der Waals surface area contributed by atoms with Crippen LogP contribution in [0.3, 0.4) is 0 Å². The number of carbonyl (C=O) groups is 5.